The predicted molar refractivity (Wildman–Crippen MR) is 91.8 cm³/mol. The number of primary sulfonamides is 1. The molecule has 1 aromatic heterocycles. The summed E-state index contributed by atoms with van der Waals surface area (Å²) < 4.78 is 23.0. The number of aryl methyl sites for hydroxylation is 1. The quantitative estimate of drug-likeness (QED) is 0.868. The van der Waals surface area contributed by atoms with E-state index in [1.165, 1.54) is 0 Å². The molecule has 3 N–H and O–H groups in total. The lowest BCUT2D eigenvalue weighted by Crippen LogP contribution is -2.42. The fourth-order valence-corrected chi connectivity index (χ4v) is 4.11. The Hall–Kier alpha value is -2.19. The van der Waals surface area contributed by atoms with E-state index in [-0.39, 0.29) is 5.56 Å². The summed E-state index contributed by atoms with van der Waals surface area (Å²) in [6, 6.07) is 7.39. The number of aromatic nitrogens is 1. The van der Waals surface area contributed by atoms with Crippen LogP contribution < -0.4 is 10.0 Å². The SMILES string of the molecule is Cc1c(C(=O)O)c(N2CCC(S(N)(=O)=O)CC2)nc2ccccc12. The number of sulfonamides is 1. The van der Waals surface area contributed by atoms with Crippen molar-refractivity contribution in [1.82, 2.24) is 4.98 Å². The largest absolute Gasteiger partial charge is 0.478 e. The Labute approximate surface area is 140 Å². The number of carboxylic acids is 1. The zero-order chi connectivity index (χ0) is 17.5. The summed E-state index contributed by atoms with van der Waals surface area (Å²) in [5, 5.41) is 15.1. The number of nitrogens with two attached hydrogens (primary N) is 1. The van der Waals surface area contributed by atoms with Crippen LogP contribution in [0.4, 0.5) is 5.82 Å². The van der Waals surface area contributed by atoms with Crippen LogP contribution in [-0.2, 0) is 10.0 Å². The second kappa shape index (κ2) is 6.03. The van der Waals surface area contributed by atoms with Gasteiger partial charge in [-0.25, -0.2) is 23.3 Å². The first-order chi connectivity index (χ1) is 11.3. The molecule has 0 saturated carbocycles. The summed E-state index contributed by atoms with van der Waals surface area (Å²) >= 11 is 0. The average Bonchev–Trinajstić information content (AvgIpc) is 2.53. The normalized spacial score (nSPS) is 16.5. The third-order valence-corrected chi connectivity index (χ3v) is 5.95. The predicted octanol–water partition coefficient (Wildman–Crippen LogP) is 1.50. The molecule has 1 aromatic carbocycles. The van der Waals surface area contributed by atoms with Gasteiger partial charge in [0.1, 0.15) is 11.4 Å². The molecule has 0 aliphatic carbocycles. The van der Waals surface area contributed by atoms with Crippen LogP contribution in [-0.4, -0.2) is 42.8 Å². The van der Waals surface area contributed by atoms with Crippen molar-refractivity contribution in [3.8, 4) is 0 Å². The van der Waals surface area contributed by atoms with E-state index in [4.69, 9.17) is 5.14 Å². The highest BCUT2D eigenvalue weighted by atomic mass is 32.2. The molecule has 0 radical (unpaired) electrons. The van der Waals surface area contributed by atoms with E-state index in [0.29, 0.717) is 37.3 Å². The molecule has 1 fully saturated rings. The average molecular weight is 349 g/mol. The molecular formula is C16H19N3O4S. The maximum Gasteiger partial charge on any atom is 0.339 e. The van der Waals surface area contributed by atoms with Gasteiger partial charge in [0.2, 0.25) is 10.0 Å². The van der Waals surface area contributed by atoms with Crippen molar-refractivity contribution < 1.29 is 18.3 Å². The number of hydrogen-bond donors (Lipinski definition) is 2. The summed E-state index contributed by atoms with van der Waals surface area (Å²) in [5.74, 6) is -0.638. The number of aromatic carboxylic acids is 1. The summed E-state index contributed by atoms with van der Waals surface area (Å²) in [6.07, 6.45) is 0.733. The number of para-hydroxylation sites is 1. The number of piperidine rings is 1. The topological polar surface area (TPSA) is 114 Å². The van der Waals surface area contributed by atoms with Crippen molar-refractivity contribution in [3.63, 3.8) is 0 Å². The number of nitrogens with zero attached hydrogens (tertiary/aromatic N) is 2. The Balaban J connectivity index is 2.03. The van der Waals surface area contributed by atoms with Gasteiger partial charge in [0.25, 0.3) is 0 Å². The molecule has 1 aliphatic rings. The minimum absolute atomic E-state index is 0.169. The Kier molecular flexibility index (Phi) is 4.18. The zero-order valence-corrected chi connectivity index (χ0v) is 14.1. The molecule has 2 aromatic rings. The number of carboxylic acid groups (broad SMARTS) is 1. The van der Waals surface area contributed by atoms with Crippen LogP contribution in [0.3, 0.4) is 0 Å². The maximum absolute atomic E-state index is 11.8. The van der Waals surface area contributed by atoms with Gasteiger partial charge >= 0.3 is 5.97 Å². The number of pyridine rings is 1. The first kappa shape index (κ1) is 16.7. The highest BCUT2D eigenvalue weighted by molar-refractivity contribution is 7.89. The first-order valence-corrected chi connectivity index (χ1v) is 9.29. The van der Waals surface area contributed by atoms with Crippen LogP contribution in [0.1, 0.15) is 28.8 Å². The molecule has 2 heterocycles. The standard InChI is InChI=1S/C16H19N3O4S/c1-10-12-4-2-3-5-13(12)18-15(14(10)16(20)21)19-8-6-11(7-9-19)24(17,22)23/h2-5,11H,6-9H2,1H3,(H,20,21)(H2,17,22,23). The molecule has 0 spiro atoms. The molecule has 3 rings (SSSR count). The van der Waals surface area contributed by atoms with E-state index in [1.54, 1.807) is 6.92 Å². The lowest BCUT2D eigenvalue weighted by Gasteiger charge is -2.33. The third-order valence-electron chi connectivity index (χ3n) is 4.55. The van der Waals surface area contributed by atoms with Crippen LogP contribution in [0, 0.1) is 6.92 Å². The fraction of sp³-hybridized carbons (Fsp3) is 0.375. The molecule has 1 saturated heterocycles. The van der Waals surface area contributed by atoms with E-state index >= 15 is 0 Å². The van der Waals surface area contributed by atoms with E-state index < -0.39 is 21.2 Å². The smallest absolute Gasteiger partial charge is 0.339 e. The van der Waals surface area contributed by atoms with Gasteiger partial charge in [0.15, 0.2) is 0 Å². The molecule has 0 unspecified atom stereocenters. The highest BCUT2D eigenvalue weighted by Crippen LogP contribution is 2.30. The summed E-state index contributed by atoms with van der Waals surface area (Å²) in [5.41, 5.74) is 1.56. The third kappa shape index (κ3) is 2.94. The number of rotatable bonds is 3. The van der Waals surface area contributed by atoms with E-state index in [2.05, 4.69) is 4.98 Å². The van der Waals surface area contributed by atoms with Crippen molar-refractivity contribution in [2.45, 2.75) is 25.0 Å². The molecule has 7 nitrogen and oxygen atoms in total. The van der Waals surface area contributed by atoms with Gasteiger partial charge in [-0.3, -0.25) is 0 Å². The second-order valence-electron chi connectivity index (χ2n) is 6.03. The van der Waals surface area contributed by atoms with Gasteiger partial charge in [-0.1, -0.05) is 18.2 Å². The number of fused-ring (bicyclic) bond motifs is 1. The van der Waals surface area contributed by atoms with Gasteiger partial charge in [-0.15, -0.1) is 0 Å². The Morgan fingerprint density at radius 3 is 2.50 bits per heavy atom. The molecule has 0 bridgehead atoms. The molecule has 1 aliphatic heterocycles. The van der Waals surface area contributed by atoms with Gasteiger partial charge < -0.3 is 10.0 Å². The van der Waals surface area contributed by atoms with Gasteiger partial charge in [-0.05, 0) is 31.4 Å². The van der Waals surface area contributed by atoms with Crippen molar-refractivity contribution in [2.24, 2.45) is 5.14 Å². The Bertz CT molecular complexity index is 903. The number of carbonyl (C=O) groups is 1. The van der Waals surface area contributed by atoms with Gasteiger partial charge in [0.05, 0.1) is 10.8 Å². The van der Waals surface area contributed by atoms with Crippen molar-refractivity contribution in [3.05, 3.63) is 35.4 Å². The molecule has 0 amide bonds. The van der Waals surface area contributed by atoms with E-state index in [1.807, 2.05) is 29.2 Å². The van der Waals surface area contributed by atoms with Crippen LogP contribution in [0.2, 0.25) is 0 Å². The molecule has 128 valence electrons. The molecular weight excluding hydrogens is 330 g/mol. The molecule has 8 heteroatoms. The second-order valence-corrected chi connectivity index (χ2v) is 7.88. The summed E-state index contributed by atoms with van der Waals surface area (Å²) in [7, 11) is -3.56. The van der Waals surface area contributed by atoms with Crippen LogP contribution in [0.5, 0.6) is 0 Å². The van der Waals surface area contributed by atoms with E-state index in [0.717, 1.165) is 10.9 Å². The van der Waals surface area contributed by atoms with Crippen LogP contribution >= 0.6 is 0 Å². The zero-order valence-electron chi connectivity index (χ0n) is 13.3. The highest BCUT2D eigenvalue weighted by Gasteiger charge is 2.30. The number of anilines is 1. The van der Waals surface area contributed by atoms with Crippen molar-refractivity contribution in [1.29, 1.82) is 0 Å². The number of benzene rings is 1. The Morgan fingerprint density at radius 1 is 1.29 bits per heavy atom. The minimum atomic E-state index is -3.56. The van der Waals surface area contributed by atoms with Crippen LogP contribution in [0.25, 0.3) is 10.9 Å². The lowest BCUT2D eigenvalue weighted by atomic mass is 10.0. The maximum atomic E-state index is 11.8. The summed E-state index contributed by atoms with van der Waals surface area (Å²) in [6.45, 7) is 2.59. The van der Waals surface area contributed by atoms with Gasteiger partial charge in [-0.2, -0.15) is 0 Å². The summed E-state index contributed by atoms with van der Waals surface area (Å²) in [4.78, 5) is 18.1. The Morgan fingerprint density at radius 2 is 1.92 bits per heavy atom. The minimum Gasteiger partial charge on any atom is -0.478 e. The monoisotopic (exact) mass is 349 g/mol. The van der Waals surface area contributed by atoms with E-state index in [9.17, 15) is 18.3 Å². The fourth-order valence-electron chi connectivity index (χ4n) is 3.24. The van der Waals surface area contributed by atoms with Crippen molar-refractivity contribution in [2.75, 3.05) is 18.0 Å². The van der Waals surface area contributed by atoms with Crippen molar-refractivity contribution >= 4 is 32.7 Å². The number of hydrogen-bond acceptors (Lipinski definition) is 5. The van der Waals surface area contributed by atoms with Gasteiger partial charge in [0, 0.05) is 18.5 Å². The van der Waals surface area contributed by atoms with Crippen LogP contribution in [0.15, 0.2) is 24.3 Å². The first-order valence-electron chi connectivity index (χ1n) is 7.68. The molecule has 24 heavy (non-hydrogen) atoms. The molecule has 0 atom stereocenters. The lowest BCUT2D eigenvalue weighted by molar-refractivity contribution is 0.0696.